The van der Waals surface area contributed by atoms with Gasteiger partial charge in [-0.15, -0.1) is 0 Å². The Kier molecular flexibility index (Phi) is 2.31. The number of carbonyl (C=O) groups is 1. The maximum Gasteiger partial charge on any atom is 0.163 e. The summed E-state index contributed by atoms with van der Waals surface area (Å²) in [5.41, 5.74) is 1.56. The largest absolute Gasteiger partial charge is 0.358 e. The molecule has 1 rings (SSSR count). The van der Waals surface area contributed by atoms with Crippen molar-refractivity contribution in [1.82, 2.24) is 4.90 Å². The standard InChI is InChI=1S/C9H14N2O/c1-6-9(7(2)12)5-11(4)8(3)10-6/h5,8H,1-4H3. The highest BCUT2D eigenvalue weighted by Gasteiger charge is 2.16. The van der Waals surface area contributed by atoms with E-state index in [0.29, 0.717) is 0 Å². The minimum Gasteiger partial charge on any atom is -0.358 e. The molecule has 0 saturated carbocycles. The van der Waals surface area contributed by atoms with Crippen molar-refractivity contribution in [3.63, 3.8) is 0 Å². The van der Waals surface area contributed by atoms with Gasteiger partial charge in [-0.05, 0) is 20.8 Å². The fourth-order valence-corrected chi connectivity index (χ4v) is 1.19. The van der Waals surface area contributed by atoms with Gasteiger partial charge in [-0.1, -0.05) is 0 Å². The number of carbonyl (C=O) groups excluding carboxylic acids is 1. The van der Waals surface area contributed by atoms with E-state index in [0.717, 1.165) is 11.3 Å². The summed E-state index contributed by atoms with van der Waals surface area (Å²) in [6, 6.07) is 0. The average Bonchev–Trinajstić information content (AvgIpc) is 1.96. The van der Waals surface area contributed by atoms with Crippen LogP contribution in [-0.4, -0.2) is 29.6 Å². The molecular weight excluding hydrogens is 152 g/mol. The summed E-state index contributed by atoms with van der Waals surface area (Å²) in [6.45, 7) is 5.43. The highest BCUT2D eigenvalue weighted by atomic mass is 16.1. The van der Waals surface area contributed by atoms with E-state index in [1.54, 1.807) is 6.92 Å². The van der Waals surface area contributed by atoms with Gasteiger partial charge in [0.2, 0.25) is 0 Å². The molecule has 3 heteroatoms. The van der Waals surface area contributed by atoms with Crippen LogP contribution in [0.4, 0.5) is 0 Å². The molecule has 0 aromatic heterocycles. The molecule has 1 atom stereocenters. The number of ketones is 1. The van der Waals surface area contributed by atoms with E-state index in [9.17, 15) is 4.79 Å². The van der Waals surface area contributed by atoms with Crippen LogP contribution in [0.5, 0.6) is 0 Å². The number of hydrogen-bond acceptors (Lipinski definition) is 3. The maximum atomic E-state index is 11.1. The van der Waals surface area contributed by atoms with E-state index in [2.05, 4.69) is 4.99 Å². The molecule has 3 nitrogen and oxygen atoms in total. The molecule has 0 aromatic carbocycles. The molecule has 1 heterocycles. The number of hydrogen-bond donors (Lipinski definition) is 0. The lowest BCUT2D eigenvalue weighted by Gasteiger charge is -2.25. The minimum atomic E-state index is 0.0787. The lowest BCUT2D eigenvalue weighted by molar-refractivity contribution is -0.113. The third kappa shape index (κ3) is 1.55. The summed E-state index contributed by atoms with van der Waals surface area (Å²) < 4.78 is 0. The minimum absolute atomic E-state index is 0.0787. The Morgan fingerprint density at radius 3 is 2.75 bits per heavy atom. The lowest BCUT2D eigenvalue weighted by atomic mass is 10.1. The average molecular weight is 166 g/mol. The van der Waals surface area contributed by atoms with Gasteiger partial charge in [0.05, 0.1) is 5.57 Å². The van der Waals surface area contributed by atoms with Crippen LogP contribution in [0.2, 0.25) is 0 Å². The second kappa shape index (κ2) is 3.09. The molecule has 1 aliphatic rings. The third-order valence-corrected chi connectivity index (χ3v) is 2.07. The zero-order chi connectivity index (χ0) is 9.30. The Balaban J connectivity index is 2.96. The summed E-state index contributed by atoms with van der Waals surface area (Å²) in [5, 5.41) is 0. The first-order valence-corrected chi connectivity index (χ1v) is 4.02. The van der Waals surface area contributed by atoms with Gasteiger partial charge in [0.25, 0.3) is 0 Å². The Bertz CT molecular complexity index is 266. The van der Waals surface area contributed by atoms with Crippen molar-refractivity contribution in [2.45, 2.75) is 26.9 Å². The van der Waals surface area contributed by atoms with E-state index in [1.165, 1.54) is 0 Å². The smallest absolute Gasteiger partial charge is 0.163 e. The summed E-state index contributed by atoms with van der Waals surface area (Å²) >= 11 is 0. The van der Waals surface area contributed by atoms with Gasteiger partial charge in [-0.2, -0.15) is 0 Å². The SMILES string of the molecule is CC(=O)C1=CN(C)C(C)N=C1C. The summed E-state index contributed by atoms with van der Waals surface area (Å²) in [4.78, 5) is 17.3. The van der Waals surface area contributed by atoms with Crippen molar-refractivity contribution in [2.24, 2.45) is 4.99 Å². The van der Waals surface area contributed by atoms with Crippen molar-refractivity contribution in [2.75, 3.05) is 7.05 Å². The van der Waals surface area contributed by atoms with Gasteiger partial charge in [-0.3, -0.25) is 9.79 Å². The number of aliphatic imine (C=N–C) groups is 1. The van der Waals surface area contributed by atoms with Crippen LogP contribution in [0.1, 0.15) is 20.8 Å². The van der Waals surface area contributed by atoms with E-state index in [4.69, 9.17) is 0 Å². The van der Waals surface area contributed by atoms with Crippen LogP contribution in [0.25, 0.3) is 0 Å². The third-order valence-electron chi connectivity index (χ3n) is 2.07. The van der Waals surface area contributed by atoms with Crippen molar-refractivity contribution < 1.29 is 4.79 Å². The highest BCUT2D eigenvalue weighted by Crippen LogP contribution is 2.12. The van der Waals surface area contributed by atoms with E-state index < -0.39 is 0 Å². The van der Waals surface area contributed by atoms with Crippen LogP contribution in [0.15, 0.2) is 16.8 Å². The fraction of sp³-hybridized carbons (Fsp3) is 0.556. The fourth-order valence-electron chi connectivity index (χ4n) is 1.19. The van der Waals surface area contributed by atoms with Crippen LogP contribution < -0.4 is 0 Å². The van der Waals surface area contributed by atoms with E-state index >= 15 is 0 Å². The number of nitrogens with zero attached hydrogens (tertiary/aromatic N) is 2. The molecule has 0 aliphatic carbocycles. The second-order valence-corrected chi connectivity index (χ2v) is 3.11. The number of rotatable bonds is 1. The monoisotopic (exact) mass is 166 g/mol. The van der Waals surface area contributed by atoms with Crippen molar-refractivity contribution in [1.29, 1.82) is 0 Å². The van der Waals surface area contributed by atoms with Crippen molar-refractivity contribution in [3.05, 3.63) is 11.8 Å². The van der Waals surface area contributed by atoms with E-state index in [1.807, 2.05) is 32.0 Å². The normalized spacial score (nSPS) is 23.3. The Morgan fingerprint density at radius 2 is 2.25 bits per heavy atom. The molecule has 0 aromatic rings. The summed E-state index contributed by atoms with van der Waals surface area (Å²) in [7, 11) is 1.92. The molecule has 1 aliphatic heterocycles. The lowest BCUT2D eigenvalue weighted by Crippen LogP contribution is -2.29. The van der Waals surface area contributed by atoms with Gasteiger partial charge in [0.1, 0.15) is 6.17 Å². The number of allylic oxidation sites excluding steroid dienone is 1. The molecule has 66 valence electrons. The molecule has 0 fully saturated rings. The summed E-state index contributed by atoms with van der Waals surface area (Å²) in [6.07, 6.45) is 2.00. The molecule has 0 saturated heterocycles. The first kappa shape index (κ1) is 8.97. The Labute approximate surface area is 72.8 Å². The zero-order valence-corrected chi connectivity index (χ0v) is 7.96. The molecule has 0 N–H and O–H groups in total. The predicted molar refractivity (Wildman–Crippen MR) is 49.1 cm³/mol. The van der Waals surface area contributed by atoms with E-state index in [-0.39, 0.29) is 11.9 Å². The molecule has 0 spiro atoms. The highest BCUT2D eigenvalue weighted by molar-refractivity contribution is 6.20. The topological polar surface area (TPSA) is 32.7 Å². The predicted octanol–water partition coefficient (Wildman–Crippen LogP) is 1.21. The zero-order valence-electron chi connectivity index (χ0n) is 7.96. The Morgan fingerprint density at radius 1 is 1.67 bits per heavy atom. The first-order chi connectivity index (χ1) is 5.52. The molecule has 1 unspecified atom stereocenters. The van der Waals surface area contributed by atoms with Gasteiger partial charge in [0.15, 0.2) is 5.78 Å². The van der Waals surface area contributed by atoms with Crippen molar-refractivity contribution >= 4 is 11.5 Å². The quantitative estimate of drug-likeness (QED) is 0.586. The second-order valence-electron chi connectivity index (χ2n) is 3.11. The van der Waals surface area contributed by atoms with Gasteiger partial charge >= 0.3 is 0 Å². The van der Waals surface area contributed by atoms with Gasteiger partial charge in [0, 0.05) is 19.0 Å². The van der Waals surface area contributed by atoms with Crippen LogP contribution in [0, 0.1) is 0 Å². The first-order valence-electron chi connectivity index (χ1n) is 4.02. The molecule has 12 heavy (non-hydrogen) atoms. The summed E-state index contributed by atoms with van der Waals surface area (Å²) in [5.74, 6) is 0.0787. The molecular formula is C9H14N2O. The number of Topliss-reactive ketones (excluding diaryl/α,β-unsaturated/α-hetero) is 1. The molecule has 0 amide bonds. The van der Waals surface area contributed by atoms with Crippen LogP contribution >= 0.6 is 0 Å². The van der Waals surface area contributed by atoms with Crippen LogP contribution in [-0.2, 0) is 4.79 Å². The molecule has 0 bridgehead atoms. The van der Waals surface area contributed by atoms with Crippen LogP contribution in [0.3, 0.4) is 0 Å². The van der Waals surface area contributed by atoms with Gasteiger partial charge in [-0.25, -0.2) is 0 Å². The maximum absolute atomic E-state index is 11.1. The van der Waals surface area contributed by atoms with Gasteiger partial charge < -0.3 is 4.90 Å². The Hall–Kier alpha value is -1.12. The molecule has 0 radical (unpaired) electrons. The van der Waals surface area contributed by atoms with Crippen molar-refractivity contribution in [3.8, 4) is 0 Å².